The molecule has 1 atom stereocenters. The monoisotopic (exact) mass is 264 g/mol. The quantitative estimate of drug-likeness (QED) is 0.837. The van der Waals surface area contributed by atoms with Crippen molar-refractivity contribution in [2.75, 3.05) is 26.2 Å². The molecule has 3 fully saturated rings. The molecule has 0 aromatic heterocycles. The Morgan fingerprint density at radius 3 is 2.58 bits per heavy atom. The van der Waals surface area contributed by atoms with Crippen LogP contribution in [0.4, 0.5) is 0 Å². The van der Waals surface area contributed by atoms with Gasteiger partial charge < -0.3 is 10.2 Å². The Morgan fingerprint density at radius 1 is 1.11 bits per heavy atom. The van der Waals surface area contributed by atoms with Gasteiger partial charge in [0.15, 0.2) is 0 Å². The summed E-state index contributed by atoms with van der Waals surface area (Å²) >= 11 is 0. The molecule has 1 N–H and O–H groups in total. The summed E-state index contributed by atoms with van der Waals surface area (Å²) in [5.41, 5.74) is 0.724. The van der Waals surface area contributed by atoms with Gasteiger partial charge in [-0.05, 0) is 62.9 Å². The molecular formula is C17H32N2. The Bertz CT molecular complexity index is 279. The van der Waals surface area contributed by atoms with Gasteiger partial charge >= 0.3 is 0 Å². The molecule has 2 saturated carbocycles. The van der Waals surface area contributed by atoms with Crippen LogP contribution in [0.15, 0.2) is 0 Å². The van der Waals surface area contributed by atoms with Crippen molar-refractivity contribution in [2.45, 2.75) is 70.8 Å². The van der Waals surface area contributed by atoms with Crippen molar-refractivity contribution in [2.24, 2.45) is 11.3 Å². The third-order valence-corrected chi connectivity index (χ3v) is 6.00. The molecule has 3 aliphatic rings. The van der Waals surface area contributed by atoms with E-state index in [2.05, 4.69) is 17.1 Å². The molecule has 19 heavy (non-hydrogen) atoms. The number of hydrogen-bond donors (Lipinski definition) is 1. The Kier molecular flexibility index (Phi) is 4.48. The van der Waals surface area contributed by atoms with E-state index in [0.717, 1.165) is 17.4 Å². The molecule has 110 valence electrons. The highest BCUT2D eigenvalue weighted by atomic mass is 15.2. The van der Waals surface area contributed by atoms with Gasteiger partial charge in [-0.2, -0.15) is 0 Å². The molecule has 0 amide bonds. The van der Waals surface area contributed by atoms with Gasteiger partial charge in [-0.3, -0.25) is 0 Å². The highest BCUT2D eigenvalue weighted by Crippen LogP contribution is 2.49. The number of rotatable bonds is 4. The van der Waals surface area contributed by atoms with Crippen molar-refractivity contribution in [1.82, 2.24) is 10.2 Å². The summed E-state index contributed by atoms with van der Waals surface area (Å²) in [5.74, 6) is 0.964. The Hall–Kier alpha value is -0.0800. The fraction of sp³-hybridized carbons (Fsp3) is 1.00. The summed E-state index contributed by atoms with van der Waals surface area (Å²) in [6.45, 7) is 7.68. The minimum Gasteiger partial charge on any atom is -0.312 e. The molecule has 2 nitrogen and oxygen atoms in total. The summed E-state index contributed by atoms with van der Waals surface area (Å²) in [4.78, 5) is 2.80. The van der Waals surface area contributed by atoms with Gasteiger partial charge in [0, 0.05) is 19.1 Å². The zero-order valence-electron chi connectivity index (χ0n) is 12.8. The van der Waals surface area contributed by atoms with E-state index in [-0.39, 0.29) is 0 Å². The van der Waals surface area contributed by atoms with Crippen LogP contribution in [0, 0.1) is 11.3 Å². The van der Waals surface area contributed by atoms with Gasteiger partial charge in [-0.25, -0.2) is 0 Å². The predicted octanol–water partition coefficient (Wildman–Crippen LogP) is 3.42. The topological polar surface area (TPSA) is 15.3 Å². The number of hydrogen-bond acceptors (Lipinski definition) is 2. The first-order chi connectivity index (χ1) is 9.31. The molecule has 2 heteroatoms. The molecule has 0 aromatic carbocycles. The summed E-state index contributed by atoms with van der Waals surface area (Å²) in [7, 11) is 0. The average Bonchev–Trinajstić information content (AvgIpc) is 3.25. The SMILES string of the molecule is CCC1(CN2CCCNC(C3CCCCC3)C2)CC1. The molecular weight excluding hydrogens is 232 g/mol. The van der Waals surface area contributed by atoms with E-state index in [0.29, 0.717) is 0 Å². The Morgan fingerprint density at radius 2 is 1.89 bits per heavy atom. The molecule has 0 bridgehead atoms. The van der Waals surface area contributed by atoms with Crippen LogP contribution in [0.3, 0.4) is 0 Å². The van der Waals surface area contributed by atoms with E-state index < -0.39 is 0 Å². The summed E-state index contributed by atoms with van der Waals surface area (Å²) < 4.78 is 0. The molecule has 0 aromatic rings. The standard InChI is InChI=1S/C17H32N2/c1-2-17(9-10-17)14-19-12-6-11-18-16(13-19)15-7-4-3-5-8-15/h15-16,18H,2-14H2,1H3. The molecule has 0 radical (unpaired) electrons. The lowest BCUT2D eigenvalue weighted by atomic mass is 9.83. The smallest absolute Gasteiger partial charge is 0.0223 e. The lowest BCUT2D eigenvalue weighted by molar-refractivity contribution is 0.177. The molecule has 2 aliphatic carbocycles. The minimum absolute atomic E-state index is 0.724. The highest BCUT2D eigenvalue weighted by molar-refractivity contribution is 4.96. The lowest BCUT2D eigenvalue weighted by Crippen LogP contribution is -2.44. The first kappa shape index (κ1) is 13.9. The highest BCUT2D eigenvalue weighted by Gasteiger charge is 2.42. The van der Waals surface area contributed by atoms with Crippen molar-refractivity contribution >= 4 is 0 Å². The Labute approximate surface area is 119 Å². The third-order valence-electron chi connectivity index (χ3n) is 6.00. The van der Waals surface area contributed by atoms with Gasteiger partial charge in [0.2, 0.25) is 0 Å². The van der Waals surface area contributed by atoms with Crippen LogP contribution in [0.5, 0.6) is 0 Å². The Balaban J connectivity index is 1.56. The molecule has 3 rings (SSSR count). The lowest BCUT2D eigenvalue weighted by Gasteiger charge is -2.34. The van der Waals surface area contributed by atoms with Crippen molar-refractivity contribution in [3.63, 3.8) is 0 Å². The maximum Gasteiger partial charge on any atom is 0.0223 e. The van der Waals surface area contributed by atoms with E-state index in [4.69, 9.17) is 0 Å². The normalized spacial score (nSPS) is 33.0. The fourth-order valence-electron chi connectivity index (χ4n) is 4.29. The summed E-state index contributed by atoms with van der Waals surface area (Å²) in [6.07, 6.45) is 13.1. The largest absolute Gasteiger partial charge is 0.312 e. The molecule has 1 heterocycles. The van der Waals surface area contributed by atoms with Crippen LogP contribution in [-0.4, -0.2) is 37.1 Å². The van der Waals surface area contributed by atoms with E-state index >= 15 is 0 Å². The van der Waals surface area contributed by atoms with Crippen LogP contribution in [0.2, 0.25) is 0 Å². The van der Waals surface area contributed by atoms with Crippen LogP contribution < -0.4 is 5.32 Å². The van der Waals surface area contributed by atoms with E-state index in [1.54, 1.807) is 0 Å². The van der Waals surface area contributed by atoms with Crippen molar-refractivity contribution in [3.05, 3.63) is 0 Å². The van der Waals surface area contributed by atoms with Gasteiger partial charge in [0.25, 0.3) is 0 Å². The second-order valence-electron chi connectivity index (χ2n) is 7.40. The first-order valence-corrected chi connectivity index (χ1v) is 8.77. The molecule has 1 aliphatic heterocycles. The van der Waals surface area contributed by atoms with Crippen LogP contribution in [-0.2, 0) is 0 Å². The van der Waals surface area contributed by atoms with Gasteiger partial charge in [-0.15, -0.1) is 0 Å². The van der Waals surface area contributed by atoms with Crippen LogP contribution >= 0.6 is 0 Å². The average molecular weight is 264 g/mol. The second-order valence-corrected chi connectivity index (χ2v) is 7.40. The van der Waals surface area contributed by atoms with Crippen LogP contribution in [0.25, 0.3) is 0 Å². The first-order valence-electron chi connectivity index (χ1n) is 8.77. The van der Waals surface area contributed by atoms with Crippen molar-refractivity contribution in [1.29, 1.82) is 0 Å². The van der Waals surface area contributed by atoms with E-state index in [1.165, 1.54) is 84.0 Å². The second kappa shape index (κ2) is 6.13. The number of nitrogens with one attached hydrogen (secondary N) is 1. The van der Waals surface area contributed by atoms with Gasteiger partial charge in [0.05, 0.1) is 0 Å². The van der Waals surface area contributed by atoms with E-state index in [9.17, 15) is 0 Å². The number of nitrogens with zero attached hydrogens (tertiary/aromatic N) is 1. The minimum atomic E-state index is 0.724. The zero-order valence-corrected chi connectivity index (χ0v) is 12.8. The van der Waals surface area contributed by atoms with Gasteiger partial charge in [-0.1, -0.05) is 26.2 Å². The molecule has 0 spiro atoms. The van der Waals surface area contributed by atoms with Crippen LogP contribution in [0.1, 0.15) is 64.7 Å². The maximum atomic E-state index is 3.86. The maximum absolute atomic E-state index is 3.86. The molecule has 1 unspecified atom stereocenters. The predicted molar refractivity (Wildman–Crippen MR) is 81.4 cm³/mol. The molecule has 1 saturated heterocycles. The van der Waals surface area contributed by atoms with Crippen molar-refractivity contribution in [3.8, 4) is 0 Å². The summed E-state index contributed by atoms with van der Waals surface area (Å²) in [6, 6.07) is 0.787. The fourth-order valence-corrected chi connectivity index (χ4v) is 4.29. The third kappa shape index (κ3) is 3.52. The van der Waals surface area contributed by atoms with Gasteiger partial charge in [0.1, 0.15) is 0 Å². The zero-order chi connectivity index (χ0) is 13.1. The van der Waals surface area contributed by atoms with E-state index in [1.807, 2.05) is 0 Å². The van der Waals surface area contributed by atoms with Crippen molar-refractivity contribution < 1.29 is 0 Å². The summed E-state index contributed by atoms with van der Waals surface area (Å²) in [5, 5.41) is 3.86.